The van der Waals surface area contributed by atoms with E-state index >= 15 is 0 Å². The highest BCUT2D eigenvalue weighted by Crippen LogP contribution is 2.36. The molecule has 2 rings (SSSR count). The van der Waals surface area contributed by atoms with Crippen molar-refractivity contribution < 1.29 is 22.7 Å². The number of benzene rings is 2. The number of hydrogen-bond donors (Lipinski definition) is 2. The number of hydrogen-bond acceptors (Lipinski definition) is 4. The van der Waals surface area contributed by atoms with E-state index < -0.39 is 22.7 Å². The molecule has 1 amide bonds. The Morgan fingerprint density at radius 2 is 2.00 bits per heavy atom. The number of methoxy groups -OCH3 is 1. The molecule has 0 aliphatic carbocycles. The van der Waals surface area contributed by atoms with E-state index in [1.165, 1.54) is 19.4 Å². The maximum Gasteiger partial charge on any atom is 0.417 e. The second-order valence-corrected chi connectivity index (χ2v) is 5.92. The molecular weight excluding hydrogens is 395 g/mol. The van der Waals surface area contributed by atoms with Crippen molar-refractivity contribution in [1.29, 1.82) is 5.26 Å². The number of carbonyl (C=O) groups excluding carboxylic acids is 1. The number of anilines is 1. The third kappa shape index (κ3) is 5.41. The van der Waals surface area contributed by atoms with E-state index in [9.17, 15) is 18.0 Å². The molecular formula is C19H15ClF3N3O2. The smallest absolute Gasteiger partial charge is 0.417 e. The molecule has 5 nitrogen and oxygen atoms in total. The van der Waals surface area contributed by atoms with Crippen LogP contribution in [0.5, 0.6) is 5.75 Å². The molecule has 28 heavy (non-hydrogen) atoms. The van der Waals surface area contributed by atoms with Crippen LogP contribution in [0.1, 0.15) is 11.1 Å². The molecule has 146 valence electrons. The average molecular weight is 410 g/mol. The van der Waals surface area contributed by atoms with Crippen molar-refractivity contribution in [3.63, 3.8) is 0 Å². The first-order chi connectivity index (χ1) is 13.3. The van der Waals surface area contributed by atoms with Crippen LogP contribution in [0.25, 0.3) is 0 Å². The monoisotopic (exact) mass is 409 g/mol. The third-order valence-corrected chi connectivity index (χ3v) is 3.96. The zero-order chi connectivity index (χ0) is 20.7. The van der Waals surface area contributed by atoms with Gasteiger partial charge in [0.25, 0.3) is 5.91 Å². The van der Waals surface area contributed by atoms with Gasteiger partial charge in [0.05, 0.1) is 17.7 Å². The summed E-state index contributed by atoms with van der Waals surface area (Å²) >= 11 is 5.54. The fourth-order valence-electron chi connectivity index (χ4n) is 2.28. The molecule has 0 bridgehead atoms. The molecule has 0 radical (unpaired) electrons. The molecule has 0 saturated heterocycles. The van der Waals surface area contributed by atoms with Crippen LogP contribution in [0.15, 0.2) is 54.2 Å². The van der Waals surface area contributed by atoms with Crippen molar-refractivity contribution >= 4 is 23.2 Å². The van der Waals surface area contributed by atoms with Gasteiger partial charge in [-0.25, -0.2) is 0 Å². The summed E-state index contributed by atoms with van der Waals surface area (Å²) in [7, 11) is 1.52. The van der Waals surface area contributed by atoms with E-state index in [-0.39, 0.29) is 17.8 Å². The summed E-state index contributed by atoms with van der Waals surface area (Å²) in [5.41, 5.74) is -0.721. The maximum atomic E-state index is 12.9. The van der Waals surface area contributed by atoms with E-state index in [1.54, 1.807) is 30.3 Å². The van der Waals surface area contributed by atoms with E-state index in [0.717, 1.165) is 11.6 Å². The number of nitrogens with one attached hydrogen (secondary N) is 2. The highest BCUT2D eigenvalue weighted by atomic mass is 35.5. The molecule has 9 heteroatoms. The molecule has 2 aromatic carbocycles. The van der Waals surface area contributed by atoms with Crippen LogP contribution in [0.3, 0.4) is 0 Å². The van der Waals surface area contributed by atoms with E-state index in [1.807, 2.05) is 0 Å². The normalized spacial score (nSPS) is 11.5. The summed E-state index contributed by atoms with van der Waals surface area (Å²) in [4.78, 5) is 12.2. The molecule has 0 aliphatic heterocycles. The Morgan fingerprint density at radius 1 is 1.29 bits per heavy atom. The summed E-state index contributed by atoms with van der Waals surface area (Å²) in [5, 5.41) is 13.7. The Balaban J connectivity index is 2.09. The summed E-state index contributed by atoms with van der Waals surface area (Å²) in [5.74, 6) is -0.224. The number of carbonyl (C=O) groups is 1. The highest BCUT2D eigenvalue weighted by molar-refractivity contribution is 6.31. The number of nitriles is 1. The van der Waals surface area contributed by atoms with Gasteiger partial charge in [-0.15, -0.1) is 0 Å². The topological polar surface area (TPSA) is 74.1 Å². The first-order valence-corrected chi connectivity index (χ1v) is 8.27. The largest absolute Gasteiger partial charge is 0.496 e. The van der Waals surface area contributed by atoms with Crippen molar-refractivity contribution in [2.75, 3.05) is 12.4 Å². The Bertz CT molecular complexity index is 937. The van der Waals surface area contributed by atoms with Crippen molar-refractivity contribution in [3.8, 4) is 11.8 Å². The minimum Gasteiger partial charge on any atom is -0.496 e. The maximum absolute atomic E-state index is 12.9. The number of amides is 1. The van der Waals surface area contributed by atoms with E-state index in [2.05, 4.69) is 10.6 Å². The number of halogens is 4. The lowest BCUT2D eigenvalue weighted by molar-refractivity contribution is -0.137. The van der Waals surface area contributed by atoms with Gasteiger partial charge in [-0.2, -0.15) is 18.4 Å². The Kier molecular flexibility index (Phi) is 6.90. The molecule has 2 N–H and O–H groups in total. The predicted molar refractivity (Wildman–Crippen MR) is 98.6 cm³/mol. The molecule has 0 unspecified atom stereocenters. The standard InChI is InChI=1S/C19H15ClF3N3O2/c1-28-17-5-3-2-4-12(17)10-25-11-13(9-24)18(27)26-14-6-7-16(20)15(8-14)19(21,22)23/h2-8,11,25H,10H2,1H3,(H,26,27)/b13-11-. The number of ether oxygens (including phenoxy) is 1. The van der Waals surface area contributed by atoms with Crippen LogP contribution in [0, 0.1) is 11.3 Å². The fourth-order valence-corrected chi connectivity index (χ4v) is 2.50. The molecule has 2 aromatic rings. The highest BCUT2D eigenvalue weighted by Gasteiger charge is 2.33. The van der Waals surface area contributed by atoms with Gasteiger partial charge in [-0.3, -0.25) is 4.79 Å². The van der Waals surface area contributed by atoms with Gasteiger partial charge in [0.1, 0.15) is 17.4 Å². The molecule has 0 atom stereocenters. The summed E-state index contributed by atoms with van der Waals surface area (Å²) < 4.78 is 43.9. The lowest BCUT2D eigenvalue weighted by Gasteiger charge is -2.12. The number of nitrogens with zero attached hydrogens (tertiary/aromatic N) is 1. The zero-order valence-corrected chi connectivity index (χ0v) is 15.4. The van der Waals surface area contributed by atoms with Crippen LogP contribution in [0.2, 0.25) is 5.02 Å². The minimum atomic E-state index is -4.66. The minimum absolute atomic E-state index is 0.132. The fraction of sp³-hybridized carbons (Fsp3) is 0.158. The van der Waals surface area contributed by atoms with Crippen molar-refractivity contribution in [2.45, 2.75) is 12.7 Å². The first-order valence-electron chi connectivity index (χ1n) is 7.90. The Hall–Kier alpha value is -3.18. The molecule has 0 aliphatic rings. The van der Waals surface area contributed by atoms with E-state index in [4.69, 9.17) is 21.6 Å². The molecule has 0 fully saturated rings. The second-order valence-electron chi connectivity index (χ2n) is 5.51. The summed E-state index contributed by atoms with van der Waals surface area (Å²) in [6.07, 6.45) is -3.48. The lowest BCUT2D eigenvalue weighted by atomic mass is 10.2. The molecule has 0 spiro atoms. The molecule has 0 heterocycles. The Morgan fingerprint density at radius 3 is 2.64 bits per heavy atom. The van der Waals surface area contributed by atoms with Gasteiger partial charge >= 0.3 is 6.18 Å². The first kappa shape index (κ1) is 21.1. The van der Waals surface area contributed by atoms with Crippen LogP contribution < -0.4 is 15.4 Å². The average Bonchev–Trinajstić information content (AvgIpc) is 2.66. The van der Waals surface area contributed by atoms with Gasteiger partial charge < -0.3 is 15.4 Å². The molecule has 0 saturated carbocycles. The Labute approximate surface area is 164 Å². The van der Waals surface area contributed by atoms with Gasteiger partial charge in [0, 0.05) is 24.0 Å². The third-order valence-electron chi connectivity index (χ3n) is 3.63. The number of para-hydroxylation sites is 1. The second kappa shape index (κ2) is 9.15. The predicted octanol–water partition coefficient (Wildman–Crippen LogP) is 4.50. The SMILES string of the molecule is COc1ccccc1CN/C=C(/C#N)C(=O)Nc1ccc(Cl)c(C(F)(F)F)c1. The number of alkyl halides is 3. The van der Waals surface area contributed by atoms with Gasteiger partial charge in [-0.1, -0.05) is 29.8 Å². The van der Waals surface area contributed by atoms with Crippen LogP contribution >= 0.6 is 11.6 Å². The summed E-state index contributed by atoms with van der Waals surface area (Å²) in [6, 6.07) is 11.8. The van der Waals surface area contributed by atoms with Gasteiger partial charge in [0.2, 0.25) is 0 Å². The zero-order valence-electron chi connectivity index (χ0n) is 14.6. The van der Waals surface area contributed by atoms with Crippen LogP contribution in [-0.4, -0.2) is 13.0 Å². The lowest BCUT2D eigenvalue weighted by Crippen LogP contribution is -2.17. The quantitative estimate of drug-likeness (QED) is 0.544. The van der Waals surface area contributed by atoms with E-state index in [0.29, 0.717) is 11.8 Å². The number of rotatable bonds is 6. The van der Waals surface area contributed by atoms with Gasteiger partial charge in [0.15, 0.2) is 0 Å². The van der Waals surface area contributed by atoms with Crippen molar-refractivity contribution in [3.05, 3.63) is 70.4 Å². The summed E-state index contributed by atoms with van der Waals surface area (Å²) in [6.45, 7) is 0.279. The van der Waals surface area contributed by atoms with Gasteiger partial charge in [-0.05, 0) is 24.3 Å². The van der Waals surface area contributed by atoms with Crippen molar-refractivity contribution in [1.82, 2.24) is 5.32 Å². The molecule has 0 aromatic heterocycles. The van der Waals surface area contributed by atoms with Crippen molar-refractivity contribution in [2.24, 2.45) is 0 Å². The van der Waals surface area contributed by atoms with Crippen LogP contribution in [-0.2, 0) is 17.5 Å². The van der Waals surface area contributed by atoms with Crippen LogP contribution in [0.4, 0.5) is 18.9 Å².